The molecule has 0 aliphatic carbocycles. The number of nitrogens with zero attached hydrogens (tertiary/aromatic N) is 2. The van der Waals surface area contributed by atoms with Crippen molar-refractivity contribution in [3.63, 3.8) is 0 Å². The van der Waals surface area contributed by atoms with Crippen LogP contribution in [0.2, 0.25) is 0 Å². The molecule has 25 heavy (non-hydrogen) atoms. The third-order valence-electron chi connectivity index (χ3n) is 4.46. The van der Waals surface area contributed by atoms with Crippen LogP contribution in [0.3, 0.4) is 0 Å². The van der Waals surface area contributed by atoms with Gasteiger partial charge in [0.2, 0.25) is 5.91 Å². The summed E-state index contributed by atoms with van der Waals surface area (Å²) in [6, 6.07) is 0. The van der Waals surface area contributed by atoms with Crippen molar-refractivity contribution in [2.45, 2.75) is 25.1 Å². The first-order chi connectivity index (χ1) is 11.7. The summed E-state index contributed by atoms with van der Waals surface area (Å²) in [5, 5.41) is 6.42. The van der Waals surface area contributed by atoms with Crippen molar-refractivity contribution in [1.82, 2.24) is 14.5 Å². The van der Waals surface area contributed by atoms with Crippen LogP contribution < -0.4 is 11.2 Å². The maximum Gasteiger partial charge on any atom is 0.328 e. The summed E-state index contributed by atoms with van der Waals surface area (Å²) in [5.74, 6) is -0.107. The quantitative estimate of drug-likeness (QED) is 0.581. The monoisotopic (exact) mass is 373 g/mol. The number of rotatable bonds is 2. The maximum absolute atomic E-state index is 12.3. The number of likely N-dealkylation sites (tertiary alicyclic amines) is 1. The lowest BCUT2D eigenvalue weighted by molar-refractivity contribution is -0.131. The lowest BCUT2D eigenvalue weighted by Gasteiger charge is -2.17. The highest BCUT2D eigenvalue weighted by Crippen LogP contribution is 2.33. The van der Waals surface area contributed by atoms with Crippen LogP contribution >= 0.6 is 0 Å². The van der Waals surface area contributed by atoms with E-state index in [1.54, 1.807) is 6.92 Å². The van der Waals surface area contributed by atoms with Gasteiger partial charge in [-0.1, -0.05) is 0 Å². The van der Waals surface area contributed by atoms with Crippen molar-refractivity contribution in [2.75, 3.05) is 18.8 Å². The first-order valence-corrected chi connectivity index (χ1v) is 9.28. The van der Waals surface area contributed by atoms with Gasteiger partial charge in [-0.15, -0.1) is 0 Å². The predicted octanol–water partition coefficient (Wildman–Crippen LogP) is -1.81. The number of carboxylic acid groups (broad SMARTS) is 1. The van der Waals surface area contributed by atoms with Gasteiger partial charge in [-0.2, -0.15) is 0 Å². The summed E-state index contributed by atoms with van der Waals surface area (Å²) >= 11 is 0. The highest BCUT2D eigenvalue weighted by molar-refractivity contribution is 7.92. The molecule has 0 spiro atoms. The van der Waals surface area contributed by atoms with Gasteiger partial charge in [0.05, 0.1) is 11.0 Å². The van der Waals surface area contributed by atoms with E-state index in [0.717, 1.165) is 4.57 Å². The Morgan fingerprint density at radius 1 is 1.40 bits per heavy atom. The Bertz CT molecular complexity index is 886. The molecule has 10 nitrogen and oxygen atoms in total. The van der Waals surface area contributed by atoms with Crippen LogP contribution in [-0.2, 0) is 26.0 Å². The third kappa shape index (κ3) is 3.98. The van der Waals surface area contributed by atoms with Gasteiger partial charge < -0.3 is 10.0 Å². The lowest BCUT2D eigenvalue weighted by atomic mass is 10.1. The van der Waals surface area contributed by atoms with Crippen molar-refractivity contribution < 1.29 is 23.1 Å². The second-order valence-corrected chi connectivity index (χ2v) is 8.40. The van der Waals surface area contributed by atoms with E-state index in [1.807, 2.05) is 0 Å². The van der Waals surface area contributed by atoms with Crippen LogP contribution in [0, 0.1) is 12.8 Å². The van der Waals surface area contributed by atoms with Gasteiger partial charge in [-0.05, 0) is 19.3 Å². The number of aryl methyl sites for hydroxylation is 1. The Kier molecular flexibility index (Phi) is 5.45. The molecule has 1 amide bonds. The molecule has 138 valence electrons. The van der Waals surface area contributed by atoms with Crippen LogP contribution in [0.25, 0.3) is 0 Å². The molecule has 1 aromatic heterocycles. The van der Waals surface area contributed by atoms with Gasteiger partial charge in [0.15, 0.2) is 9.84 Å². The van der Waals surface area contributed by atoms with Gasteiger partial charge in [0, 0.05) is 24.8 Å². The minimum absolute atomic E-state index is 0.00277. The largest absolute Gasteiger partial charge is 0.483 e. The number of aromatic amines is 1. The van der Waals surface area contributed by atoms with E-state index in [2.05, 4.69) is 4.98 Å². The van der Waals surface area contributed by atoms with Gasteiger partial charge in [-0.3, -0.25) is 23.9 Å². The molecule has 0 bridgehead atoms. The Labute approximate surface area is 143 Å². The van der Waals surface area contributed by atoms with Crippen molar-refractivity contribution in [1.29, 1.82) is 0 Å². The molecule has 0 radical (unpaired) electrons. The number of fused-ring (bicyclic) bond motifs is 1. The highest BCUT2D eigenvalue weighted by atomic mass is 32.2. The average Bonchev–Trinajstić information content (AvgIpc) is 3.07. The summed E-state index contributed by atoms with van der Waals surface area (Å²) in [6.45, 7) is 1.71. The number of carbonyl (C=O) groups excluding carboxylic acids is 1. The summed E-state index contributed by atoms with van der Waals surface area (Å²) in [6.07, 6.45) is 1.93. The van der Waals surface area contributed by atoms with Gasteiger partial charge >= 0.3 is 5.69 Å². The predicted molar refractivity (Wildman–Crippen MR) is 87.0 cm³/mol. The average molecular weight is 373 g/mol. The van der Waals surface area contributed by atoms with Crippen LogP contribution in [0.15, 0.2) is 15.8 Å². The number of aromatic nitrogens is 2. The van der Waals surface area contributed by atoms with Crippen LogP contribution in [0.4, 0.5) is 0 Å². The normalized spacial score (nSPS) is 23.5. The van der Waals surface area contributed by atoms with E-state index in [0.29, 0.717) is 18.5 Å². The Balaban J connectivity index is 0.000000701. The summed E-state index contributed by atoms with van der Waals surface area (Å²) < 4.78 is 24.9. The molecule has 0 aromatic carbocycles. The molecule has 2 fully saturated rings. The Morgan fingerprint density at radius 2 is 2.04 bits per heavy atom. The molecular weight excluding hydrogens is 354 g/mol. The summed E-state index contributed by atoms with van der Waals surface area (Å²) in [7, 11) is -3.09. The molecule has 2 N–H and O–H groups in total. The molecule has 2 aliphatic rings. The zero-order valence-corrected chi connectivity index (χ0v) is 14.4. The van der Waals surface area contributed by atoms with Crippen LogP contribution in [0.1, 0.15) is 12.0 Å². The van der Waals surface area contributed by atoms with Crippen molar-refractivity contribution in [3.8, 4) is 0 Å². The zero-order chi connectivity index (χ0) is 18.8. The molecule has 2 atom stereocenters. The van der Waals surface area contributed by atoms with E-state index in [-0.39, 0.29) is 37.1 Å². The number of amides is 1. The van der Waals surface area contributed by atoms with Crippen LogP contribution in [0.5, 0.6) is 0 Å². The molecule has 0 saturated carbocycles. The summed E-state index contributed by atoms with van der Waals surface area (Å²) in [5.41, 5.74) is -0.778. The Morgan fingerprint density at radius 3 is 2.64 bits per heavy atom. The third-order valence-corrected chi connectivity index (χ3v) is 6.72. The molecule has 11 heteroatoms. The fourth-order valence-corrected chi connectivity index (χ4v) is 5.33. The van der Waals surface area contributed by atoms with Crippen molar-refractivity contribution in [2.24, 2.45) is 5.92 Å². The molecule has 0 unspecified atom stereocenters. The molecular formula is C14H19N3O7S. The molecule has 1 aromatic rings. The van der Waals surface area contributed by atoms with Gasteiger partial charge in [0.25, 0.3) is 12.0 Å². The SMILES string of the molecule is Cc1cn(CC(=O)N2C[C@@H]3CCS(=O)(=O)[C@@H]3C2)c(=O)[nH]c1=O.O=CO. The molecule has 2 aliphatic heterocycles. The number of H-pyrrole nitrogens is 1. The van der Waals surface area contributed by atoms with Crippen LogP contribution in [-0.4, -0.2) is 64.4 Å². The minimum Gasteiger partial charge on any atom is -0.483 e. The second-order valence-electron chi connectivity index (χ2n) is 6.06. The number of carbonyl (C=O) groups is 2. The fourth-order valence-electron chi connectivity index (χ4n) is 3.18. The molecule has 3 rings (SSSR count). The standard InChI is InChI=1S/C13H17N3O5S.CH2O2/c1-8-4-16(13(19)14-12(8)18)7-11(17)15-5-9-2-3-22(20,21)10(9)6-15;2-1-3/h4,9-10H,2-3,5-7H2,1H3,(H,14,18,19);1H,(H,2,3)/t9-,10+;/m0./s1. The van der Waals surface area contributed by atoms with E-state index in [4.69, 9.17) is 9.90 Å². The Hall–Kier alpha value is -2.43. The van der Waals surface area contributed by atoms with Crippen molar-refractivity contribution >= 4 is 22.2 Å². The molecule has 2 saturated heterocycles. The number of nitrogens with one attached hydrogen (secondary N) is 1. The maximum atomic E-state index is 12.3. The smallest absolute Gasteiger partial charge is 0.328 e. The fraction of sp³-hybridized carbons (Fsp3) is 0.571. The van der Waals surface area contributed by atoms with E-state index in [1.165, 1.54) is 11.1 Å². The van der Waals surface area contributed by atoms with E-state index >= 15 is 0 Å². The summed E-state index contributed by atoms with van der Waals surface area (Å²) in [4.78, 5) is 47.3. The van der Waals surface area contributed by atoms with Gasteiger partial charge in [-0.25, -0.2) is 13.2 Å². The zero-order valence-electron chi connectivity index (χ0n) is 13.5. The number of hydrogen-bond donors (Lipinski definition) is 2. The minimum atomic E-state index is -3.09. The first kappa shape index (κ1) is 18.9. The molecule has 3 heterocycles. The van der Waals surface area contributed by atoms with Gasteiger partial charge in [0.1, 0.15) is 6.54 Å². The number of sulfone groups is 1. The first-order valence-electron chi connectivity index (χ1n) is 7.57. The second kappa shape index (κ2) is 7.21. The van der Waals surface area contributed by atoms with Crippen molar-refractivity contribution in [3.05, 3.63) is 32.6 Å². The highest BCUT2D eigenvalue weighted by Gasteiger charge is 2.47. The lowest BCUT2D eigenvalue weighted by Crippen LogP contribution is -2.39. The van der Waals surface area contributed by atoms with E-state index in [9.17, 15) is 22.8 Å². The number of hydrogen-bond acceptors (Lipinski definition) is 6. The topological polar surface area (TPSA) is 147 Å². The van der Waals surface area contributed by atoms with E-state index < -0.39 is 26.3 Å².